The lowest BCUT2D eigenvalue weighted by Gasteiger charge is -2.27. The summed E-state index contributed by atoms with van der Waals surface area (Å²) in [7, 11) is 0. The van der Waals surface area contributed by atoms with Crippen LogP contribution in [-0.2, 0) is 20.8 Å². The topological polar surface area (TPSA) is 132 Å². The van der Waals surface area contributed by atoms with E-state index < -0.39 is 11.9 Å². The number of carbonyl (C=O) groups is 3. The van der Waals surface area contributed by atoms with Gasteiger partial charge in [-0.3, -0.25) is 4.79 Å². The Morgan fingerprint density at radius 1 is 1.19 bits per heavy atom. The molecule has 8 nitrogen and oxygen atoms in total. The van der Waals surface area contributed by atoms with Crippen molar-refractivity contribution >= 4 is 34.9 Å². The van der Waals surface area contributed by atoms with Crippen molar-refractivity contribution in [3.63, 3.8) is 0 Å². The number of aliphatic carboxylic acids is 2. The summed E-state index contributed by atoms with van der Waals surface area (Å²) in [5.41, 5.74) is 5.01. The van der Waals surface area contributed by atoms with Crippen molar-refractivity contribution in [2.24, 2.45) is 5.92 Å². The third kappa shape index (κ3) is 4.11. The van der Waals surface area contributed by atoms with Crippen LogP contribution in [0.4, 0.5) is 5.69 Å². The minimum absolute atomic E-state index is 0.665. The summed E-state index contributed by atoms with van der Waals surface area (Å²) < 4.78 is 0. The summed E-state index contributed by atoms with van der Waals surface area (Å²) in [4.78, 5) is 32.5. The Morgan fingerprint density at radius 3 is 2.59 bits per heavy atom. The van der Waals surface area contributed by atoms with E-state index in [1.54, 1.807) is 0 Å². The first-order valence-electron chi connectivity index (χ1n) is 9.03. The number of H-pyrrole nitrogens is 1. The van der Waals surface area contributed by atoms with Crippen molar-refractivity contribution in [2.75, 3.05) is 18.4 Å². The van der Waals surface area contributed by atoms with E-state index >= 15 is 0 Å². The molecule has 2 atom stereocenters. The van der Waals surface area contributed by atoms with Gasteiger partial charge >= 0.3 is 11.9 Å². The average Bonchev–Trinajstić information content (AvgIpc) is 3.30. The summed E-state index contributed by atoms with van der Waals surface area (Å²) in [5.74, 6) is -2.21. The molecule has 27 heavy (non-hydrogen) atoms. The Balaban J connectivity index is 0.000000307. The SMILES string of the molecule is O=C(O)C(=O)O.O=CNc1ccc2[nH]c3c(c2c1)CCCC3C1CCNC1. The van der Waals surface area contributed by atoms with E-state index in [0.29, 0.717) is 5.92 Å². The number of carboxylic acids is 2. The van der Waals surface area contributed by atoms with Gasteiger partial charge in [0.2, 0.25) is 6.41 Å². The third-order valence-corrected chi connectivity index (χ3v) is 5.33. The summed E-state index contributed by atoms with van der Waals surface area (Å²) in [5, 5.41) is 22.3. The van der Waals surface area contributed by atoms with Gasteiger partial charge in [-0.15, -0.1) is 0 Å². The van der Waals surface area contributed by atoms with Gasteiger partial charge in [-0.05, 0) is 68.5 Å². The lowest BCUT2D eigenvalue weighted by Crippen LogP contribution is -2.20. The van der Waals surface area contributed by atoms with Gasteiger partial charge in [-0.1, -0.05) is 0 Å². The minimum atomic E-state index is -1.82. The van der Waals surface area contributed by atoms with Crippen LogP contribution in [0.3, 0.4) is 0 Å². The van der Waals surface area contributed by atoms with Gasteiger partial charge in [0.1, 0.15) is 0 Å². The molecule has 1 saturated heterocycles. The maximum atomic E-state index is 10.6. The molecule has 144 valence electrons. The number of benzene rings is 1. The van der Waals surface area contributed by atoms with E-state index in [1.165, 1.54) is 41.4 Å². The molecule has 4 rings (SSSR count). The van der Waals surface area contributed by atoms with Gasteiger partial charge in [0.15, 0.2) is 0 Å². The quantitative estimate of drug-likeness (QED) is 0.413. The zero-order valence-electron chi connectivity index (χ0n) is 14.8. The molecule has 0 saturated carbocycles. The largest absolute Gasteiger partial charge is 0.473 e. The van der Waals surface area contributed by atoms with Gasteiger partial charge < -0.3 is 25.8 Å². The summed E-state index contributed by atoms with van der Waals surface area (Å²) >= 11 is 0. The standard InChI is InChI=1S/C17H21N3O.C2H2O4/c21-10-19-12-4-5-16-15(8-12)14-3-1-2-13(17(14)20-16)11-6-7-18-9-11;3-1(4)2(5)6/h4-5,8,10-11,13,18,20H,1-3,6-7,9H2,(H,19,21);(H,3,4)(H,5,6). The molecule has 8 heteroatoms. The zero-order valence-corrected chi connectivity index (χ0v) is 14.8. The maximum absolute atomic E-state index is 10.6. The number of nitrogens with one attached hydrogen (secondary N) is 3. The molecule has 1 aromatic carbocycles. The highest BCUT2D eigenvalue weighted by Gasteiger charge is 2.32. The predicted octanol–water partition coefficient (Wildman–Crippen LogP) is 1.92. The highest BCUT2D eigenvalue weighted by Crippen LogP contribution is 2.42. The van der Waals surface area contributed by atoms with E-state index in [4.69, 9.17) is 19.8 Å². The van der Waals surface area contributed by atoms with Crippen LogP contribution in [-0.4, -0.2) is 46.6 Å². The second-order valence-electron chi connectivity index (χ2n) is 6.90. The molecule has 2 aromatic rings. The van der Waals surface area contributed by atoms with Crippen molar-refractivity contribution in [3.05, 3.63) is 29.5 Å². The van der Waals surface area contributed by atoms with Gasteiger partial charge in [0.05, 0.1) is 0 Å². The molecule has 0 bridgehead atoms. The molecule has 5 N–H and O–H groups in total. The number of carbonyl (C=O) groups excluding carboxylic acids is 1. The molecule has 1 fully saturated rings. The molecule has 1 aromatic heterocycles. The Labute approximate surface area is 156 Å². The fourth-order valence-corrected chi connectivity index (χ4v) is 4.15. The van der Waals surface area contributed by atoms with Gasteiger partial charge in [-0.2, -0.15) is 0 Å². The van der Waals surface area contributed by atoms with E-state index in [1.807, 2.05) is 6.07 Å². The molecular formula is C19H23N3O5. The molecule has 1 aliphatic heterocycles. The molecule has 2 heterocycles. The number of fused-ring (bicyclic) bond motifs is 3. The monoisotopic (exact) mass is 373 g/mol. The van der Waals surface area contributed by atoms with Crippen LogP contribution < -0.4 is 10.6 Å². The molecule has 0 spiro atoms. The normalized spacial score (nSPS) is 21.0. The van der Waals surface area contributed by atoms with Crippen molar-refractivity contribution in [2.45, 2.75) is 31.6 Å². The Hall–Kier alpha value is -2.87. The second kappa shape index (κ2) is 8.22. The van der Waals surface area contributed by atoms with E-state index in [-0.39, 0.29) is 0 Å². The fourth-order valence-electron chi connectivity index (χ4n) is 4.15. The lowest BCUT2D eigenvalue weighted by molar-refractivity contribution is -0.159. The van der Waals surface area contributed by atoms with Crippen LogP contribution in [0.25, 0.3) is 10.9 Å². The Kier molecular flexibility index (Phi) is 5.75. The first-order valence-corrected chi connectivity index (χ1v) is 9.03. The van der Waals surface area contributed by atoms with Gasteiger partial charge in [-0.25, -0.2) is 9.59 Å². The molecule has 0 radical (unpaired) electrons. The number of hydrogen-bond donors (Lipinski definition) is 5. The van der Waals surface area contributed by atoms with Crippen LogP contribution in [0.15, 0.2) is 18.2 Å². The van der Waals surface area contributed by atoms with Crippen molar-refractivity contribution < 1.29 is 24.6 Å². The zero-order chi connectivity index (χ0) is 19.4. The summed E-state index contributed by atoms with van der Waals surface area (Å²) in [6.07, 6.45) is 5.75. The fraction of sp³-hybridized carbons (Fsp3) is 0.421. The smallest absolute Gasteiger partial charge is 0.414 e. The average molecular weight is 373 g/mol. The summed E-state index contributed by atoms with van der Waals surface area (Å²) in [6.45, 7) is 2.31. The van der Waals surface area contributed by atoms with Crippen LogP contribution >= 0.6 is 0 Å². The molecule has 1 aliphatic carbocycles. The molecule has 1 amide bonds. The number of amides is 1. The molecular weight excluding hydrogens is 350 g/mol. The Morgan fingerprint density at radius 2 is 1.96 bits per heavy atom. The first kappa shape index (κ1) is 18.9. The minimum Gasteiger partial charge on any atom is -0.473 e. The first-order chi connectivity index (χ1) is 13.0. The number of aromatic nitrogens is 1. The van der Waals surface area contributed by atoms with Gasteiger partial charge in [0, 0.05) is 28.2 Å². The maximum Gasteiger partial charge on any atom is 0.414 e. The highest BCUT2D eigenvalue weighted by atomic mass is 16.4. The number of anilines is 1. The number of aromatic amines is 1. The van der Waals surface area contributed by atoms with Crippen molar-refractivity contribution in [1.29, 1.82) is 0 Å². The third-order valence-electron chi connectivity index (χ3n) is 5.33. The van der Waals surface area contributed by atoms with Crippen LogP contribution in [0.2, 0.25) is 0 Å². The predicted molar refractivity (Wildman–Crippen MR) is 99.9 cm³/mol. The van der Waals surface area contributed by atoms with E-state index in [2.05, 4.69) is 27.8 Å². The number of carboxylic acid groups (broad SMARTS) is 2. The second-order valence-corrected chi connectivity index (χ2v) is 6.90. The summed E-state index contributed by atoms with van der Waals surface area (Å²) in [6, 6.07) is 6.16. The number of hydrogen-bond acceptors (Lipinski definition) is 4. The van der Waals surface area contributed by atoms with Gasteiger partial charge in [0.25, 0.3) is 0 Å². The van der Waals surface area contributed by atoms with Crippen molar-refractivity contribution in [1.82, 2.24) is 10.3 Å². The van der Waals surface area contributed by atoms with E-state index in [9.17, 15) is 4.79 Å². The number of rotatable bonds is 3. The van der Waals surface area contributed by atoms with Crippen molar-refractivity contribution in [3.8, 4) is 0 Å². The number of aryl methyl sites for hydroxylation is 1. The molecule has 2 aliphatic rings. The van der Waals surface area contributed by atoms with Crippen LogP contribution in [0, 0.1) is 5.92 Å². The van der Waals surface area contributed by atoms with Crippen LogP contribution in [0.1, 0.15) is 36.4 Å². The Bertz CT molecular complexity index is 842. The van der Waals surface area contributed by atoms with E-state index in [0.717, 1.165) is 37.5 Å². The van der Waals surface area contributed by atoms with Crippen LogP contribution in [0.5, 0.6) is 0 Å². The molecule has 2 unspecified atom stereocenters. The highest BCUT2D eigenvalue weighted by molar-refractivity contribution is 6.27. The lowest BCUT2D eigenvalue weighted by atomic mass is 9.78.